The van der Waals surface area contributed by atoms with Gasteiger partial charge in [-0.1, -0.05) is 17.7 Å². The van der Waals surface area contributed by atoms with Gasteiger partial charge >= 0.3 is 0 Å². The van der Waals surface area contributed by atoms with Gasteiger partial charge in [-0.05, 0) is 42.0 Å². The first-order valence-corrected chi connectivity index (χ1v) is 7.65. The highest BCUT2D eigenvalue weighted by Gasteiger charge is 2.14. The fourth-order valence-corrected chi connectivity index (χ4v) is 2.53. The second kappa shape index (κ2) is 6.84. The smallest absolute Gasteiger partial charge is 0.185 e. The van der Waals surface area contributed by atoms with Crippen molar-refractivity contribution in [3.63, 3.8) is 0 Å². The number of benzene rings is 2. The molecule has 0 amide bonds. The fraction of sp³-hybridized carbons (Fsp3) is 0.167. The molecule has 0 spiro atoms. The van der Waals surface area contributed by atoms with E-state index in [2.05, 4.69) is 0 Å². The van der Waals surface area contributed by atoms with Crippen LogP contribution >= 0.6 is 11.6 Å². The average molecular weight is 347 g/mol. The van der Waals surface area contributed by atoms with Gasteiger partial charge in [0, 0.05) is 5.56 Å². The van der Waals surface area contributed by atoms with Gasteiger partial charge in [0.05, 0.1) is 12.1 Å². The first-order valence-electron chi connectivity index (χ1n) is 7.27. The normalized spacial score (nSPS) is 13.1. The summed E-state index contributed by atoms with van der Waals surface area (Å²) < 4.78 is 15.9. The number of ether oxygens (including phenoxy) is 3. The Bertz CT molecular complexity index is 813. The van der Waals surface area contributed by atoms with Gasteiger partial charge in [-0.3, -0.25) is 4.79 Å². The Kier molecular flexibility index (Phi) is 4.62. The molecule has 2 aromatic rings. The lowest BCUT2D eigenvalue weighted by atomic mass is 10.1. The summed E-state index contributed by atoms with van der Waals surface area (Å²) in [6.07, 6.45) is 3.03. The van der Waals surface area contributed by atoms with Gasteiger partial charge in [0.2, 0.25) is 0 Å². The zero-order chi connectivity index (χ0) is 17.1. The Labute approximate surface area is 144 Å². The number of carbonyl (C=O) groups is 1. The first-order chi connectivity index (χ1) is 11.6. The van der Waals surface area contributed by atoms with Crippen molar-refractivity contribution in [2.24, 2.45) is 0 Å². The molecule has 1 heterocycles. The molecule has 0 aromatic heterocycles. The number of methoxy groups -OCH3 is 1. The number of phenolic OH excluding ortho intramolecular Hbond substituents is 1. The van der Waals surface area contributed by atoms with Gasteiger partial charge in [0.25, 0.3) is 0 Å². The van der Waals surface area contributed by atoms with E-state index in [9.17, 15) is 9.90 Å². The zero-order valence-corrected chi connectivity index (χ0v) is 13.7. The van der Waals surface area contributed by atoms with E-state index in [4.69, 9.17) is 25.8 Å². The van der Waals surface area contributed by atoms with Gasteiger partial charge < -0.3 is 19.3 Å². The number of phenols is 1. The predicted molar refractivity (Wildman–Crippen MR) is 90.5 cm³/mol. The number of halogens is 1. The van der Waals surface area contributed by atoms with Crippen molar-refractivity contribution in [1.82, 2.24) is 0 Å². The lowest BCUT2D eigenvalue weighted by Crippen LogP contribution is -2.15. The Morgan fingerprint density at radius 1 is 1.21 bits per heavy atom. The molecule has 0 fully saturated rings. The molecule has 2 aromatic carbocycles. The summed E-state index contributed by atoms with van der Waals surface area (Å²) in [7, 11) is 1.43. The van der Waals surface area contributed by atoms with E-state index in [1.165, 1.54) is 13.2 Å². The second-order valence-electron chi connectivity index (χ2n) is 5.11. The molecule has 1 aliphatic rings. The number of carbonyl (C=O) groups excluding carboxylic acids is 1. The molecule has 1 aliphatic heterocycles. The average Bonchev–Trinajstić information content (AvgIpc) is 2.61. The van der Waals surface area contributed by atoms with Crippen LogP contribution in [0, 0.1) is 0 Å². The molecule has 3 rings (SSSR count). The summed E-state index contributed by atoms with van der Waals surface area (Å²) >= 11 is 5.93. The maximum Gasteiger partial charge on any atom is 0.185 e. The molecule has 0 radical (unpaired) electrons. The molecule has 0 bridgehead atoms. The van der Waals surface area contributed by atoms with Gasteiger partial charge in [0.1, 0.15) is 13.2 Å². The molecule has 124 valence electrons. The minimum atomic E-state index is -0.185. The van der Waals surface area contributed by atoms with Crippen LogP contribution in [0.2, 0.25) is 5.02 Å². The van der Waals surface area contributed by atoms with E-state index in [1.54, 1.807) is 36.4 Å². The molecule has 0 saturated carbocycles. The summed E-state index contributed by atoms with van der Waals surface area (Å²) in [5.74, 6) is 1.13. The highest BCUT2D eigenvalue weighted by atomic mass is 35.5. The topological polar surface area (TPSA) is 65.0 Å². The maximum atomic E-state index is 12.3. The molecule has 5 nitrogen and oxygen atoms in total. The third-order valence-corrected chi connectivity index (χ3v) is 3.81. The molecule has 0 atom stereocenters. The molecule has 1 N–H and O–H groups in total. The monoisotopic (exact) mass is 346 g/mol. The summed E-state index contributed by atoms with van der Waals surface area (Å²) in [6, 6.07) is 8.20. The van der Waals surface area contributed by atoms with Gasteiger partial charge in [-0.15, -0.1) is 0 Å². The number of hydrogen-bond acceptors (Lipinski definition) is 5. The van der Waals surface area contributed by atoms with Crippen LogP contribution in [0.3, 0.4) is 0 Å². The van der Waals surface area contributed by atoms with E-state index in [0.29, 0.717) is 35.8 Å². The standard InChI is InChI=1S/C18H15ClO5/c1-22-17-9-11(8-13(19)18(17)21)2-4-14(20)12-3-5-15-16(10-12)24-7-6-23-15/h2-5,8-10,21H,6-7H2,1H3. The van der Waals surface area contributed by atoms with Crippen LogP contribution in [-0.4, -0.2) is 31.2 Å². The number of hydrogen-bond donors (Lipinski definition) is 1. The summed E-state index contributed by atoms with van der Waals surface area (Å²) in [6.45, 7) is 0.968. The zero-order valence-electron chi connectivity index (χ0n) is 12.9. The fourth-order valence-electron chi connectivity index (χ4n) is 2.31. The predicted octanol–water partition coefficient (Wildman–Crippen LogP) is 3.72. The summed E-state index contributed by atoms with van der Waals surface area (Å²) in [4.78, 5) is 12.3. The van der Waals surface area contributed by atoms with Gasteiger partial charge in [-0.2, -0.15) is 0 Å². The van der Waals surface area contributed by atoms with Crippen LogP contribution in [0.1, 0.15) is 15.9 Å². The Balaban J connectivity index is 1.82. The first kappa shape index (κ1) is 16.2. The Morgan fingerprint density at radius 2 is 1.96 bits per heavy atom. The van der Waals surface area contributed by atoms with Crippen molar-refractivity contribution in [3.8, 4) is 23.0 Å². The van der Waals surface area contributed by atoms with Crippen LogP contribution in [0.25, 0.3) is 6.08 Å². The minimum Gasteiger partial charge on any atom is -0.503 e. The third-order valence-electron chi connectivity index (χ3n) is 3.52. The second-order valence-corrected chi connectivity index (χ2v) is 5.52. The highest BCUT2D eigenvalue weighted by Crippen LogP contribution is 2.35. The van der Waals surface area contributed by atoms with Crippen LogP contribution in [-0.2, 0) is 0 Å². The number of fused-ring (bicyclic) bond motifs is 1. The number of ketones is 1. The van der Waals surface area contributed by atoms with E-state index in [0.717, 1.165) is 0 Å². The SMILES string of the molecule is COc1cc(C=CC(=O)c2ccc3c(c2)OCCO3)cc(Cl)c1O. The molecule has 24 heavy (non-hydrogen) atoms. The number of rotatable bonds is 4. The highest BCUT2D eigenvalue weighted by molar-refractivity contribution is 6.32. The number of aromatic hydroxyl groups is 1. The van der Waals surface area contributed by atoms with E-state index in [1.807, 2.05) is 0 Å². The summed E-state index contributed by atoms with van der Waals surface area (Å²) in [5.41, 5.74) is 1.13. The minimum absolute atomic E-state index is 0.130. The van der Waals surface area contributed by atoms with Crippen LogP contribution < -0.4 is 14.2 Å². The van der Waals surface area contributed by atoms with Crippen molar-refractivity contribution in [2.45, 2.75) is 0 Å². The van der Waals surface area contributed by atoms with Crippen molar-refractivity contribution in [2.75, 3.05) is 20.3 Å². The van der Waals surface area contributed by atoms with Gasteiger partial charge in [0.15, 0.2) is 28.8 Å². The van der Waals surface area contributed by atoms with E-state index >= 15 is 0 Å². The van der Waals surface area contributed by atoms with Crippen molar-refractivity contribution in [1.29, 1.82) is 0 Å². The van der Waals surface area contributed by atoms with Crippen LogP contribution in [0.5, 0.6) is 23.0 Å². The van der Waals surface area contributed by atoms with Crippen molar-refractivity contribution >= 4 is 23.5 Å². The molecular formula is C18H15ClO5. The lowest BCUT2D eigenvalue weighted by Gasteiger charge is -2.18. The number of allylic oxidation sites excluding steroid dienone is 1. The quantitative estimate of drug-likeness (QED) is 0.675. The molecule has 0 aliphatic carbocycles. The molecular weight excluding hydrogens is 332 g/mol. The molecule has 0 saturated heterocycles. The summed E-state index contributed by atoms with van der Waals surface area (Å²) in [5, 5.41) is 9.87. The lowest BCUT2D eigenvalue weighted by molar-refractivity contribution is 0.104. The molecule has 6 heteroatoms. The maximum absolute atomic E-state index is 12.3. The van der Waals surface area contributed by atoms with E-state index < -0.39 is 0 Å². The van der Waals surface area contributed by atoms with Crippen molar-refractivity contribution < 1.29 is 24.1 Å². The third kappa shape index (κ3) is 3.31. The Hall–Kier alpha value is -2.66. The largest absolute Gasteiger partial charge is 0.503 e. The van der Waals surface area contributed by atoms with Gasteiger partial charge in [-0.25, -0.2) is 0 Å². The van der Waals surface area contributed by atoms with Crippen LogP contribution in [0.4, 0.5) is 0 Å². The van der Waals surface area contributed by atoms with E-state index in [-0.39, 0.29) is 22.3 Å². The molecule has 0 unspecified atom stereocenters. The Morgan fingerprint density at radius 3 is 2.71 bits per heavy atom. The van der Waals surface area contributed by atoms with Crippen LogP contribution in [0.15, 0.2) is 36.4 Å². The van der Waals surface area contributed by atoms with Crippen molar-refractivity contribution in [3.05, 3.63) is 52.6 Å².